The van der Waals surface area contributed by atoms with Crippen LogP contribution in [0.5, 0.6) is 5.75 Å². The number of amides is 1. The number of fused-ring (bicyclic) bond motifs is 1. The molecule has 1 amide bonds. The second-order valence-electron chi connectivity index (χ2n) is 7.56. The van der Waals surface area contributed by atoms with Crippen molar-refractivity contribution in [3.8, 4) is 5.75 Å². The highest BCUT2D eigenvalue weighted by atomic mass is 16.5. The number of nitrogens with zero attached hydrogens (tertiary/aromatic N) is 5. The highest BCUT2D eigenvalue weighted by Crippen LogP contribution is 2.36. The van der Waals surface area contributed by atoms with Gasteiger partial charge >= 0.3 is 0 Å². The molecule has 0 spiro atoms. The Morgan fingerprint density at radius 3 is 2.52 bits per heavy atom. The van der Waals surface area contributed by atoms with Crippen molar-refractivity contribution in [3.05, 3.63) is 102 Å². The van der Waals surface area contributed by atoms with Crippen molar-refractivity contribution in [1.29, 1.82) is 0 Å². The van der Waals surface area contributed by atoms with Crippen LogP contribution >= 0.6 is 0 Å². The number of hydrogen-bond donors (Lipinski definition) is 1. The number of ether oxygens (including phenoxy) is 1. The summed E-state index contributed by atoms with van der Waals surface area (Å²) in [7, 11) is 1.59. The first-order valence-electron chi connectivity index (χ1n) is 10.5. The molecule has 3 aromatic carbocycles. The zero-order valence-electron chi connectivity index (χ0n) is 18.0. The molecule has 8 nitrogen and oxygen atoms in total. The molecule has 1 aliphatic rings. The fourth-order valence-corrected chi connectivity index (χ4v) is 3.91. The van der Waals surface area contributed by atoms with Gasteiger partial charge in [-0.25, -0.2) is 0 Å². The minimum absolute atomic E-state index is 0.0415. The third-order valence-corrected chi connectivity index (χ3v) is 5.45. The van der Waals surface area contributed by atoms with Gasteiger partial charge in [-0.2, -0.15) is 4.68 Å². The molecule has 2 heterocycles. The predicted octanol–water partition coefficient (Wildman–Crippen LogP) is 3.77. The van der Waals surface area contributed by atoms with Crippen LogP contribution < -0.4 is 15.0 Å². The first kappa shape index (κ1) is 20.4. The molecule has 1 atom stereocenters. The Labute approximate surface area is 191 Å². The van der Waals surface area contributed by atoms with E-state index in [1.165, 1.54) is 0 Å². The second-order valence-corrected chi connectivity index (χ2v) is 7.56. The van der Waals surface area contributed by atoms with E-state index in [2.05, 4.69) is 26.9 Å². The number of carbonyl (C=O) groups is 1. The van der Waals surface area contributed by atoms with Crippen molar-refractivity contribution < 1.29 is 9.53 Å². The minimum Gasteiger partial charge on any atom is -0.497 e. The van der Waals surface area contributed by atoms with Crippen molar-refractivity contribution in [3.63, 3.8) is 0 Å². The van der Waals surface area contributed by atoms with Crippen LogP contribution in [-0.2, 0) is 4.79 Å². The first-order chi connectivity index (χ1) is 16.2. The molecule has 0 fully saturated rings. The van der Waals surface area contributed by atoms with Gasteiger partial charge in [0.25, 0.3) is 5.95 Å². The van der Waals surface area contributed by atoms with Gasteiger partial charge in [-0.3, -0.25) is 9.69 Å². The SMILES string of the molecule is COc1cccc(NC(=O)CN2C(c3ccccc3)=C[C@H](c3ccccc3)n3nnnc32)c1. The average Bonchev–Trinajstić information content (AvgIpc) is 3.35. The molecule has 164 valence electrons. The Balaban J connectivity index is 1.50. The highest BCUT2D eigenvalue weighted by Gasteiger charge is 2.31. The number of anilines is 2. The van der Waals surface area contributed by atoms with E-state index in [-0.39, 0.29) is 18.5 Å². The zero-order chi connectivity index (χ0) is 22.6. The Hall–Kier alpha value is -4.46. The number of aromatic nitrogens is 4. The van der Waals surface area contributed by atoms with E-state index in [0.717, 1.165) is 16.8 Å². The maximum atomic E-state index is 13.0. The van der Waals surface area contributed by atoms with Crippen molar-refractivity contribution in [2.75, 3.05) is 23.9 Å². The molecule has 0 saturated heterocycles. The fourth-order valence-electron chi connectivity index (χ4n) is 3.91. The van der Waals surface area contributed by atoms with Crippen molar-refractivity contribution in [2.24, 2.45) is 0 Å². The smallest absolute Gasteiger partial charge is 0.251 e. The van der Waals surface area contributed by atoms with Crippen LogP contribution in [0.1, 0.15) is 17.2 Å². The lowest BCUT2D eigenvalue weighted by Gasteiger charge is -2.32. The Kier molecular flexibility index (Phi) is 5.55. The summed E-state index contributed by atoms with van der Waals surface area (Å²) < 4.78 is 6.99. The Morgan fingerprint density at radius 2 is 1.76 bits per heavy atom. The lowest BCUT2D eigenvalue weighted by atomic mass is 10.0. The number of carbonyl (C=O) groups excluding carboxylic acids is 1. The molecule has 33 heavy (non-hydrogen) atoms. The molecule has 8 heteroatoms. The summed E-state index contributed by atoms with van der Waals surface area (Å²) in [5.41, 5.74) is 3.55. The number of methoxy groups -OCH3 is 1. The van der Waals surface area contributed by atoms with E-state index < -0.39 is 0 Å². The van der Waals surface area contributed by atoms with E-state index in [4.69, 9.17) is 4.74 Å². The highest BCUT2D eigenvalue weighted by molar-refractivity contribution is 5.97. The Morgan fingerprint density at radius 1 is 1.00 bits per heavy atom. The largest absolute Gasteiger partial charge is 0.497 e. The third kappa shape index (κ3) is 4.18. The monoisotopic (exact) mass is 438 g/mol. The standard InChI is InChI=1S/C25H22N6O2/c1-33-21-14-8-13-20(15-21)26-24(32)17-30-22(18-9-4-2-5-10-18)16-23(19-11-6-3-7-12-19)31-25(30)27-28-29-31/h2-16,23H,17H2,1H3,(H,26,32)/t23-/m1/s1. The topological polar surface area (TPSA) is 85.2 Å². The van der Waals surface area contributed by atoms with E-state index in [0.29, 0.717) is 17.4 Å². The van der Waals surface area contributed by atoms with Crippen LogP contribution in [0.3, 0.4) is 0 Å². The van der Waals surface area contributed by atoms with Gasteiger partial charge < -0.3 is 10.1 Å². The molecule has 0 saturated carbocycles. The van der Waals surface area contributed by atoms with E-state index in [1.54, 1.807) is 17.9 Å². The van der Waals surface area contributed by atoms with Crippen molar-refractivity contribution >= 4 is 23.2 Å². The molecule has 1 aromatic heterocycles. The van der Waals surface area contributed by atoms with Gasteiger partial charge in [0.2, 0.25) is 5.91 Å². The molecule has 4 aromatic rings. The summed E-state index contributed by atoms with van der Waals surface area (Å²) in [6.45, 7) is 0.0415. The number of hydrogen-bond acceptors (Lipinski definition) is 6. The lowest BCUT2D eigenvalue weighted by molar-refractivity contribution is -0.114. The molecular weight excluding hydrogens is 416 g/mol. The number of allylic oxidation sites excluding steroid dienone is 1. The average molecular weight is 438 g/mol. The van der Waals surface area contributed by atoms with Gasteiger partial charge in [0, 0.05) is 11.8 Å². The van der Waals surface area contributed by atoms with Gasteiger partial charge in [0.1, 0.15) is 18.3 Å². The Bertz CT molecular complexity index is 1290. The maximum Gasteiger partial charge on any atom is 0.251 e. The molecule has 0 aliphatic carbocycles. The van der Waals surface area contributed by atoms with Crippen molar-refractivity contribution in [1.82, 2.24) is 20.2 Å². The first-order valence-corrected chi connectivity index (χ1v) is 10.5. The van der Waals surface area contributed by atoms with Gasteiger partial charge in [-0.05, 0) is 39.8 Å². The quantitative estimate of drug-likeness (QED) is 0.493. The number of benzene rings is 3. The summed E-state index contributed by atoms with van der Waals surface area (Å²) in [5.74, 6) is 0.981. The number of tetrazole rings is 1. The van der Waals surface area contributed by atoms with Crippen molar-refractivity contribution in [2.45, 2.75) is 6.04 Å². The van der Waals surface area contributed by atoms with Gasteiger partial charge in [0.15, 0.2) is 0 Å². The normalized spacial score (nSPS) is 14.9. The van der Waals surface area contributed by atoms with Crippen LogP contribution in [-0.4, -0.2) is 39.8 Å². The second kappa shape index (κ2) is 8.96. The molecule has 0 bridgehead atoms. The molecule has 1 aliphatic heterocycles. The summed E-state index contributed by atoms with van der Waals surface area (Å²) in [6.07, 6.45) is 2.09. The molecule has 1 N–H and O–H groups in total. The third-order valence-electron chi connectivity index (χ3n) is 5.45. The summed E-state index contributed by atoms with van der Waals surface area (Å²) >= 11 is 0. The molecule has 0 unspecified atom stereocenters. The number of nitrogens with one attached hydrogen (secondary N) is 1. The van der Waals surface area contributed by atoms with Gasteiger partial charge in [0.05, 0.1) is 12.8 Å². The fraction of sp³-hybridized carbons (Fsp3) is 0.120. The summed E-state index contributed by atoms with van der Waals surface area (Å²) in [4.78, 5) is 14.9. The summed E-state index contributed by atoms with van der Waals surface area (Å²) in [6, 6.07) is 27.0. The molecular formula is C25H22N6O2. The maximum absolute atomic E-state index is 13.0. The van der Waals surface area contributed by atoms with Crippen LogP contribution in [0, 0.1) is 0 Å². The van der Waals surface area contributed by atoms with Crippen LogP contribution in [0.2, 0.25) is 0 Å². The van der Waals surface area contributed by atoms with E-state index >= 15 is 0 Å². The van der Waals surface area contributed by atoms with E-state index in [1.807, 2.05) is 83.8 Å². The molecule has 0 radical (unpaired) electrons. The minimum atomic E-state index is -0.196. The van der Waals surface area contributed by atoms with Crippen LogP contribution in [0.15, 0.2) is 91.0 Å². The van der Waals surface area contributed by atoms with Gasteiger partial charge in [-0.1, -0.05) is 71.8 Å². The lowest BCUT2D eigenvalue weighted by Crippen LogP contribution is -2.37. The summed E-state index contributed by atoms with van der Waals surface area (Å²) in [5, 5.41) is 15.3. The van der Waals surface area contributed by atoms with Crippen LogP contribution in [0.4, 0.5) is 11.6 Å². The van der Waals surface area contributed by atoms with Gasteiger partial charge in [-0.15, -0.1) is 0 Å². The number of rotatable bonds is 6. The predicted molar refractivity (Wildman–Crippen MR) is 126 cm³/mol. The molecule has 5 rings (SSSR count). The van der Waals surface area contributed by atoms with E-state index in [9.17, 15) is 4.79 Å². The zero-order valence-corrected chi connectivity index (χ0v) is 18.0. The van der Waals surface area contributed by atoms with Crippen LogP contribution in [0.25, 0.3) is 5.70 Å².